The smallest absolute Gasteiger partial charge is 0.264 e. The molecule has 0 radical (unpaired) electrons. The highest BCUT2D eigenvalue weighted by Gasteiger charge is 1.87. The van der Waals surface area contributed by atoms with Crippen molar-refractivity contribution >= 4 is 15.9 Å². The van der Waals surface area contributed by atoms with Crippen molar-refractivity contribution in [2.24, 2.45) is 0 Å². The van der Waals surface area contributed by atoms with Crippen LogP contribution in [0, 0.1) is 6.92 Å². The van der Waals surface area contributed by atoms with Gasteiger partial charge < -0.3 is 0 Å². The lowest BCUT2D eigenvalue weighted by atomic mass is 10.4. The first-order valence-electron chi connectivity index (χ1n) is 4.74. The van der Waals surface area contributed by atoms with E-state index in [2.05, 4.69) is 36.3 Å². The van der Waals surface area contributed by atoms with Crippen LogP contribution in [0.5, 0.6) is 0 Å². The standard InChI is InChI=1S/C5H5BrN2O.C5H6N2O/c6-3-4-1-2-5(9)8-7-4;1-4-2-3-5(8)7-6-4/h1-2H,3H2,(H,8,9);2-3H,1H3,(H,7,8). The molecule has 2 rings (SSSR count). The van der Waals surface area contributed by atoms with E-state index in [-0.39, 0.29) is 11.1 Å². The third kappa shape index (κ3) is 5.21. The molecule has 0 amide bonds. The lowest BCUT2D eigenvalue weighted by Crippen LogP contribution is -2.06. The predicted octanol–water partition coefficient (Wildman–Crippen LogP) is 0.743. The molecule has 2 aromatic heterocycles. The number of aryl methyl sites for hydroxylation is 1. The second-order valence-electron chi connectivity index (χ2n) is 3.11. The number of alkyl halides is 1. The van der Waals surface area contributed by atoms with Crippen LogP contribution in [0.2, 0.25) is 0 Å². The van der Waals surface area contributed by atoms with Gasteiger partial charge >= 0.3 is 0 Å². The molecule has 17 heavy (non-hydrogen) atoms. The minimum atomic E-state index is -0.167. The molecule has 0 saturated heterocycles. The monoisotopic (exact) mass is 298 g/mol. The number of rotatable bonds is 1. The van der Waals surface area contributed by atoms with Gasteiger partial charge in [0.1, 0.15) is 0 Å². The van der Waals surface area contributed by atoms with E-state index in [1.165, 1.54) is 12.1 Å². The number of aromatic nitrogens is 4. The summed E-state index contributed by atoms with van der Waals surface area (Å²) in [5, 5.41) is 12.6. The topological polar surface area (TPSA) is 91.5 Å². The highest BCUT2D eigenvalue weighted by atomic mass is 79.9. The van der Waals surface area contributed by atoms with Gasteiger partial charge in [0.2, 0.25) is 0 Å². The molecule has 0 fully saturated rings. The Labute approximate surface area is 105 Å². The van der Waals surface area contributed by atoms with Gasteiger partial charge in [-0.05, 0) is 19.1 Å². The first kappa shape index (κ1) is 13.3. The Hall–Kier alpha value is -1.76. The number of aromatic amines is 2. The number of hydrogen-bond donors (Lipinski definition) is 2. The van der Waals surface area contributed by atoms with E-state index in [1.54, 1.807) is 12.1 Å². The van der Waals surface area contributed by atoms with Gasteiger partial charge in [-0.25, -0.2) is 10.2 Å². The molecule has 90 valence electrons. The van der Waals surface area contributed by atoms with Crippen molar-refractivity contribution in [3.8, 4) is 0 Å². The molecule has 0 spiro atoms. The second-order valence-corrected chi connectivity index (χ2v) is 3.67. The summed E-state index contributed by atoms with van der Waals surface area (Å²) in [6.45, 7) is 1.82. The van der Waals surface area contributed by atoms with Crippen molar-refractivity contribution in [1.29, 1.82) is 0 Å². The quantitative estimate of drug-likeness (QED) is 0.760. The summed E-state index contributed by atoms with van der Waals surface area (Å²) in [5.74, 6) is 0. The van der Waals surface area contributed by atoms with Crippen LogP contribution < -0.4 is 11.1 Å². The number of H-pyrrole nitrogens is 2. The van der Waals surface area contributed by atoms with Crippen LogP contribution in [0.25, 0.3) is 0 Å². The molecular weight excluding hydrogens is 288 g/mol. The van der Waals surface area contributed by atoms with Crippen LogP contribution in [0.15, 0.2) is 33.9 Å². The van der Waals surface area contributed by atoms with Crippen molar-refractivity contribution in [3.63, 3.8) is 0 Å². The summed E-state index contributed by atoms with van der Waals surface area (Å²) in [4.78, 5) is 20.7. The number of nitrogens with one attached hydrogen (secondary N) is 2. The zero-order valence-electron chi connectivity index (χ0n) is 9.11. The molecule has 6 nitrogen and oxygen atoms in total. The van der Waals surface area contributed by atoms with Crippen molar-refractivity contribution in [2.75, 3.05) is 0 Å². The summed E-state index contributed by atoms with van der Waals surface area (Å²) in [6.07, 6.45) is 0. The molecule has 0 aromatic carbocycles. The van der Waals surface area contributed by atoms with Gasteiger partial charge in [0, 0.05) is 17.5 Å². The predicted molar refractivity (Wildman–Crippen MR) is 67.1 cm³/mol. The maximum absolute atomic E-state index is 10.4. The Balaban J connectivity index is 0.000000171. The van der Waals surface area contributed by atoms with Gasteiger partial charge in [0.25, 0.3) is 11.1 Å². The highest BCUT2D eigenvalue weighted by molar-refractivity contribution is 9.08. The van der Waals surface area contributed by atoms with Gasteiger partial charge in [-0.1, -0.05) is 15.9 Å². The zero-order valence-corrected chi connectivity index (χ0v) is 10.7. The number of nitrogens with zero attached hydrogens (tertiary/aromatic N) is 2. The van der Waals surface area contributed by atoms with Crippen molar-refractivity contribution in [1.82, 2.24) is 20.4 Å². The average Bonchev–Trinajstić information content (AvgIpc) is 2.35. The summed E-state index contributed by atoms with van der Waals surface area (Å²) < 4.78 is 0. The summed E-state index contributed by atoms with van der Waals surface area (Å²) in [7, 11) is 0. The minimum absolute atomic E-state index is 0.157. The van der Waals surface area contributed by atoms with E-state index in [1.807, 2.05) is 6.92 Å². The fraction of sp³-hybridized carbons (Fsp3) is 0.200. The van der Waals surface area contributed by atoms with Crippen molar-refractivity contribution < 1.29 is 0 Å². The van der Waals surface area contributed by atoms with Gasteiger partial charge in [-0.3, -0.25) is 9.59 Å². The molecule has 0 saturated carbocycles. The molecule has 2 aromatic rings. The Bertz CT molecular complexity index is 538. The average molecular weight is 299 g/mol. The molecule has 0 unspecified atom stereocenters. The fourth-order valence-electron chi connectivity index (χ4n) is 0.862. The molecule has 0 aliphatic carbocycles. The van der Waals surface area contributed by atoms with E-state index in [0.29, 0.717) is 5.33 Å². The number of hydrogen-bond acceptors (Lipinski definition) is 4. The molecular formula is C10H11BrN4O2. The first-order valence-corrected chi connectivity index (χ1v) is 5.87. The molecule has 7 heteroatoms. The molecule has 0 bridgehead atoms. The molecule has 0 aliphatic heterocycles. The Morgan fingerprint density at radius 3 is 2.00 bits per heavy atom. The summed E-state index contributed by atoms with van der Waals surface area (Å²) >= 11 is 3.20. The van der Waals surface area contributed by atoms with E-state index in [0.717, 1.165) is 11.4 Å². The highest BCUT2D eigenvalue weighted by Crippen LogP contribution is 1.95. The largest absolute Gasteiger partial charge is 0.268 e. The lowest BCUT2D eigenvalue weighted by Gasteiger charge is -1.87. The van der Waals surface area contributed by atoms with Crippen LogP contribution in [0.3, 0.4) is 0 Å². The van der Waals surface area contributed by atoms with E-state index >= 15 is 0 Å². The van der Waals surface area contributed by atoms with Gasteiger partial charge in [-0.2, -0.15) is 10.2 Å². The maximum Gasteiger partial charge on any atom is 0.264 e. The summed E-state index contributed by atoms with van der Waals surface area (Å²) in [5.41, 5.74) is 1.33. The SMILES string of the molecule is Cc1ccc(=O)[nH]n1.O=c1ccc(CBr)n[nH]1. The summed E-state index contributed by atoms with van der Waals surface area (Å²) in [6, 6.07) is 6.23. The van der Waals surface area contributed by atoms with Crippen LogP contribution in [-0.2, 0) is 5.33 Å². The Morgan fingerprint density at radius 1 is 1.06 bits per heavy atom. The lowest BCUT2D eigenvalue weighted by molar-refractivity contribution is 0.941. The third-order valence-electron chi connectivity index (χ3n) is 1.69. The van der Waals surface area contributed by atoms with Crippen molar-refractivity contribution in [3.05, 3.63) is 56.4 Å². The van der Waals surface area contributed by atoms with Gasteiger partial charge in [-0.15, -0.1) is 0 Å². The number of halogens is 1. The van der Waals surface area contributed by atoms with Crippen LogP contribution in [-0.4, -0.2) is 20.4 Å². The van der Waals surface area contributed by atoms with Crippen molar-refractivity contribution in [2.45, 2.75) is 12.3 Å². The fourth-order valence-corrected chi connectivity index (χ4v) is 1.17. The minimum Gasteiger partial charge on any atom is -0.268 e. The zero-order chi connectivity index (χ0) is 12.7. The first-order chi connectivity index (χ1) is 8.11. The molecule has 0 atom stereocenters. The molecule has 0 aliphatic rings. The Kier molecular flexibility index (Phi) is 5.28. The second kappa shape index (κ2) is 6.74. The van der Waals surface area contributed by atoms with Crippen LogP contribution in [0.1, 0.15) is 11.4 Å². The van der Waals surface area contributed by atoms with Crippen LogP contribution >= 0.6 is 15.9 Å². The van der Waals surface area contributed by atoms with Gasteiger partial charge in [0.05, 0.1) is 11.4 Å². The maximum atomic E-state index is 10.4. The third-order valence-corrected chi connectivity index (χ3v) is 2.27. The normalized spacial score (nSPS) is 9.29. The Morgan fingerprint density at radius 2 is 1.65 bits per heavy atom. The van der Waals surface area contributed by atoms with E-state index < -0.39 is 0 Å². The van der Waals surface area contributed by atoms with Crippen LogP contribution in [0.4, 0.5) is 0 Å². The van der Waals surface area contributed by atoms with E-state index in [4.69, 9.17) is 0 Å². The molecule has 2 heterocycles. The van der Waals surface area contributed by atoms with E-state index in [9.17, 15) is 9.59 Å². The van der Waals surface area contributed by atoms with Gasteiger partial charge in [0.15, 0.2) is 0 Å². The molecule has 2 N–H and O–H groups in total.